The van der Waals surface area contributed by atoms with Gasteiger partial charge in [0, 0.05) is 10.9 Å². The lowest BCUT2D eigenvalue weighted by Gasteiger charge is -1.96. The zero-order valence-corrected chi connectivity index (χ0v) is 10.1. The summed E-state index contributed by atoms with van der Waals surface area (Å²) in [7, 11) is 0. The van der Waals surface area contributed by atoms with E-state index in [1.807, 2.05) is 24.3 Å². The maximum atomic E-state index is 5.56. The first kappa shape index (κ1) is 10.6. The Hall–Kier alpha value is -0.870. The summed E-state index contributed by atoms with van der Waals surface area (Å²) in [5.74, 6) is 1.38. The van der Waals surface area contributed by atoms with Gasteiger partial charge in [-0.3, -0.25) is 0 Å². The van der Waals surface area contributed by atoms with Crippen molar-refractivity contribution in [2.45, 2.75) is 12.3 Å². The number of alkyl halides is 1. The van der Waals surface area contributed by atoms with Crippen molar-refractivity contribution in [3.05, 3.63) is 46.0 Å². The summed E-state index contributed by atoms with van der Waals surface area (Å²) in [6, 6.07) is 8.00. The van der Waals surface area contributed by atoms with Crippen molar-refractivity contribution in [2.75, 3.05) is 0 Å². The van der Waals surface area contributed by atoms with Gasteiger partial charge in [-0.1, -0.05) is 33.2 Å². The second-order valence-electron chi connectivity index (χ2n) is 3.04. The fourth-order valence-corrected chi connectivity index (χ4v) is 1.57. The molecule has 0 unspecified atom stereocenters. The molecular formula is C10H8BrClN2O. The number of hydrogen-bond donors (Lipinski definition) is 0. The molecule has 0 bridgehead atoms. The Kier molecular flexibility index (Phi) is 3.38. The van der Waals surface area contributed by atoms with Gasteiger partial charge < -0.3 is 4.52 Å². The highest BCUT2D eigenvalue weighted by Crippen LogP contribution is 2.13. The first-order chi connectivity index (χ1) is 7.28. The third-order valence-corrected chi connectivity index (χ3v) is 2.66. The van der Waals surface area contributed by atoms with Crippen molar-refractivity contribution in [1.29, 1.82) is 0 Å². The molecule has 78 valence electrons. The van der Waals surface area contributed by atoms with Crippen LogP contribution in [0.5, 0.6) is 0 Å². The van der Waals surface area contributed by atoms with Crippen molar-refractivity contribution >= 4 is 27.5 Å². The van der Waals surface area contributed by atoms with Crippen LogP contribution < -0.4 is 0 Å². The van der Waals surface area contributed by atoms with Crippen molar-refractivity contribution in [2.24, 2.45) is 0 Å². The number of nitrogens with zero attached hydrogens (tertiary/aromatic N) is 2. The van der Waals surface area contributed by atoms with Gasteiger partial charge in [-0.2, -0.15) is 4.98 Å². The van der Waals surface area contributed by atoms with E-state index in [0.29, 0.717) is 18.1 Å². The maximum Gasteiger partial charge on any atom is 0.241 e. The summed E-state index contributed by atoms with van der Waals surface area (Å²) < 4.78 is 5.96. The van der Waals surface area contributed by atoms with Crippen LogP contribution in [0.1, 0.15) is 17.3 Å². The molecule has 0 amide bonds. The van der Waals surface area contributed by atoms with Crippen LogP contribution in [0.4, 0.5) is 0 Å². The molecular weight excluding hydrogens is 279 g/mol. The van der Waals surface area contributed by atoms with Gasteiger partial charge in [0.25, 0.3) is 0 Å². The van der Waals surface area contributed by atoms with Crippen LogP contribution in [0.25, 0.3) is 0 Å². The zero-order valence-electron chi connectivity index (χ0n) is 7.78. The van der Waals surface area contributed by atoms with Gasteiger partial charge in [-0.05, 0) is 17.7 Å². The Labute approximate surface area is 101 Å². The Morgan fingerprint density at radius 3 is 2.60 bits per heavy atom. The zero-order chi connectivity index (χ0) is 10.7. The van der Waals surface area contributed by atoms with E-state index in [1.165, 1.54) is 0 Å². The summed E-state index contributed by atoms with van der Waals surface area (Å²) in [6.07, 6.45) is 0.660. The molecule has 1 aromatic heterocycles. The molecule has 0 fully saturated rings. The molecule has 0 radical (unpaired) electrons. The van der Waals surface area contributed by atoms with Crippen molar-refractivity contribution in [3.8, 4) is 0 Å². The number of hydrogen-bond acceptors (Lipinski definition) is 3. The van der Waals surface area contributed by atoms with E-state index in [2.05, 4.69) is 26.1 Å². The normalized spacial score (nSPS) is 10.5. The lowest BCUT2D eigenvalue weighted by molar-refractivity contribution is 0.385. The van der Waals surface area contributed by atoms with Crippen LogP contribution in [0.2, 0.25) is 0 Å². The summed E-state index contributed by atoms with van der Waals surface area (Å²) in [5, 5.41) is 3.82. The Bertz CT molecular complexity index is 441. The standard InChI is InChI=1S/C10H8BrClN2O/c11-8-3-1-7(2-4-8)5-9-13-10(6-12)15-14-9/h1-4H,5-6H2. The van der Waals surface area contributed by atoms with Crippen molar-refractivity contribution < 1.29 is 4.52 Å². The molecule has 5 heteroatoms. The van der Waals surface area contributed by atoms with E-state index in [-0.39, 0.29) is 5.88 Å². The summed E-state index contributed by atoms with van der Waals surface area (Å²) in [5.41, 5.74) is 1.14. The monoisotopic (exact) mass is 286 g/mol. The third-order valence-electron chi connectivity index (χ3n) is 1.90. The lowest BCUT2D eigenvalue weighted by atomic mass is 10.1. The fraction of sp³-hybridized carbons (Fsp3) is 0.200. The highest BCUT2D eigenvalue weighted by atomic mass is 79.9. The Balaban J connectivity index is 2.11. The first-order valence-electron chi connectivity index (χ1n) is 4.40. The van der Waals surface area contributed by atoms with Crippen LogP contribution in [0.15, 0.2) is 33.3 Å². The van der Waals surface area contributed by atoms with Crippen LogP contribution in [0.3, 0.4) is 0 Å². The van der Waals surface area contributed by atoms with Gasteiger partial charge in [0.15, 0.2) is 5.82 Å². The molecule has 0 aliphatic heterocycles. The molecule has 15 heavy (non-hydrogen) atoms. The van der Waals surface area contributed by atoms with Crippen molar-refractivity contribution in [3.63, 3.8) is 0 Å². The lowest BCUT2D eigenvalue weighted by Crippen LogP contribution is -1.90. The summed E-state index contributed by atoms with van der Waals surface area (Å²) in [4.78, 5) is 4.13. The van der Waals surface area contributed by atoms with E-state index in [0.717, 1.165) is 10.0 Å². The highest BCUT2D eigenvalue weighted by molar-refractivity contribution is 9.10. The van der Waals surface area contributed by atoms with Gasteiger partial charge in [0.1, 0.15) is 5.88 Å². The van der Waals surface area contributed by atoms with Crippen molar-refractivity contribution in [1.82, 2.24) is 10.1 Å². The molecule has 0 spiro atoms. The minimum Gasteiger partial charge on any atom is -0.338 e. The smallest absolute Gasteiger partial charge is 0.241 e. The first-order valence-corrected chi connectivity index (χ1v) is 5.72. The number of rotatable bonds is 3. The largest absolute Gasteiger partial charge is 0.338 e. The molecule has 0 saturated carbocycles. The molecule has 2 aromatic rings. The molecule has 1 heterocycles. The molecule has 0 saturated heterocycles. The van der Waals surface area contributed by atoms with E-state index in [9.17, 15) is 0 Å². The van der Waals surface area contributed by atoms with E-state index in [1.54, 1.807) is 0 Å². The van der Waals surface area contributed by atoms with Crippen LogP contribution in [-0.2, 0) is 12.3 Å². The van der Waals surface area contributed by atoms with E-state index >= 15 is 0 Å². The quantitative estimate of drug-likeness (QED) is 0.814. The minimum atomic E-state index is 0.257. The Morgan fingerprint density at radius 2 is 2.00 bits per heavy atom. The predicted molar refractivity (Wildman–Crippen MR) is 60.8 cm³/mol. The average molecular weight is 288 g/mol. The van der Waals surface area contributed by atoms with Gasteiger partial charge >= 0.3 is 0 Å². The Morgan fingerprint density at radius 1 is 1.27 bits per heavy atom. The minimum absolute atomic E-state index is 0.257. The van der Waals surface area contributed by atoms with Gasteiger partial charge in [0.05, 0.1) is 0 Å². The SMILES string of the molecule is ClCc1nc(Cc2ccc(Br)cc2)no1. The molecule has 0 atom stereocenters. The number of halogens is 2. The maximum absolute atomic E-state index is 5.56. The average Bonchev–Trinajstić information content (AvgIpc) is 2.69. The second kappa shape index (κ2) is 4.77. The topological polar surface area (TPSA) is 38.9 Å². The third kappa shape index (κ3) is 2.79. The molecule has 3 nitrogen and oxygen atoms in total. The van der Waals surface area contributed by atoms with Gasteiger partial charge in [0.2, 0.25) is 5.89 Å². The molecule has 2 rings (SSSR count). The predicted octanol–water partition coefficient (Wildman–Crippen LogP) is 3.16. The molecule has 0 aliphatic rings. The molecule has 1 aromatic carbocycles. The van der Waals surface area contributed by atoms with Gasteiger partial charge in [-0.25, -0.2) is 0 Å². The van der Waals surface area contributed by atoms with Crippen LogP contribution >= 0.6 is 27.5 Å². The van der Waals surface area contributed by atoms with E-state index in [4.69, 9.17) is 16.1 Å². The summed E-state index contributed by atoms with van der Waals surface area (Å²) >= 11 is 8.94. The highest BCUT2D eigenvalue weighted by Gasteiger charge is 2.05. The van der Waals surface area contributed by atoms with E-state index < -0.39 is 0 Å². The summed E-state index contributed by atoms with van der Waals surface area (Å²) in [6.45, 7) is 0. The van der Waals surface area contributed by atoms with Gasteiger partial charge in [-0.15, -0.1) is 11.6 Å². The molecule has 0 aliphatic carbocycles. The fourth-order valence-electron chi connectivity index (χ4n) is 1.20. The van der Waals surface area contributed by atoms with Crippen LogP contribution in [0, 0.1) is 0 Å². The number of benzene rings is 1. The second-order valence-corrected chi connectivity index (χ2v) is 4.22. The van der Waals surface area contributed by atoms with Crippen LogP contribution in [-0.4, -0.2) is 10.1 Å². The number of aromatic nitrogens is 2. The molecule has 0 N–H and O–H groups in total.